The Morgan fingerprint density at radius 1 is 1.17 bits per heavy atom. The first-order valence-corrected chi connectivity index (χ1v) is 9.71. The molecule has 0 atom stereocenters. The molecule has 0 aliphatic rings. The molecule has 0 aliphatic heterocycles. The van der Waals surface area contributed by atoms with Crippen molar-refractivity contribution in [1.29, 1.82) is 0 Å². The predicted molar refractivity (Wildman–Crippen MR) is 104 cm³/mol. The van der Waals surface area contributed by atoms with E-state index in [2.05, 4.69) is 9.72 Å². The van der Waals surface area contributed by atoms with Gasteiger partial charge >= 0.3 is 12.1 Å². The monoisotopic (exact) mass is 446 g/mol. The van der Waals surface area contributed by atoms with Crippen molar-refractivity contribution >= 4 is 23.2 Å². The summed E-state index contributed by atoms with van der Waals surface area (Å²) in [5.74, 6) is -0.743. The summed E-state index contributed by atoms with van der Waals surface area (Å²) in [6.07, 6.45) is -5.02. The molecule has 0 fully saturated rings. The first-order chi connectivity index (χ1) is 14.2. The van der Waals surface area contributed by atoms with E-state index in [1.807, 2.05) is 0 Å². The lowest BCUT2D eigenvalue weighted by atomic mass is 10.2. The summed E-state index contributed by atoms with van der Waals surface area (Å²) < 4.78 is 53.5. The number of rotatable bonds is 9. The Morgan fingerprint density at radius 2 is 1.87 bits per heavy atom. The van der Waals surface area contributed by atoms with Gasteiger partial charge in [-0.3, -0.25) is 9.59 Å². The number of aromatic nitrogens is 1. The maximum atomic E-state index is 12.8. The van der Waals surface area contributed by atoms with Gasteiger partial charge in [-0.25, -0.2) is 4.98 Å². The number of alkyl halides is 3. The molecule has 0 aliphatic carbocycles. The third-order valence-electron chi connectivity index (χ3n) is 3.86. The zero-order valence-electron chi connectivity index (χ0n) is 16.6. The van der Waals surface area contributed by atoms with Crippen LogP contribution in [0.5, 0.6) is 11.5 Å². The van der Waals surface area contributed by atoms with Crippen LogP contribution in [0.3, 0.4) is 0 Å². The van der Waals surface area contributed by atoms with Crippen LogP contribution >= 0.6 is 11.3 Å². The van der Waals surface area contributed by atoms with E-state index in [1.54, 1.807) is 23.6 Å². The van der Waals surface area contributed by atoms with Crippen LogP contribution in [0.1, 0.15) is 12.6 Å². The van der Waals surface area contributed by atoms with Gasteiger partial charge < -0.3 is 19.1 Å². The van der Waals surface area contributed by atoms with E-state index in [1.165, 1.54) is 32.5 Å². The second kappa shape index (κ2) is 10.3. The molecular weight excluding hydrogens is 425 g/mol. The molecule has 1 aromatic heterocycles. The highest BCUT2D eigenvalue weighted by Crippen LogP contribution is 2.33. The molecule has 0 saturated carbocycles. The van der Waals surface area contributed by atoms with Crippen LogP contribution in [0, 0.1) is 0 Å². The SMILES string of the molecule is CCOC(=O)CN(CC(F)(F)F)C(=O)Cc1csc(-c2ccc(OC)c(OC)c2)n1. The number of hydrogen-bond donors (Lipinski definition) is 0. The molecule has 0 radical (unpaired) electrons. The summed E-state index contributed by atoms with van der Waals surface area (Å²) in [5, 5.41) is 2.14. The summed E-state index contributed by atoms with van der Waals surface area (Å²) in [6.45, 7) is -0.789. The molecule has 1 aromatic carbocycles. The van der Waals surface area contributed by atoms with E-state index in [0.29, 0.717) is 32.7 Å². The van der Waals surface area contributed by atoms with Crippen molar-refractivity contribution in [1.82, 2.24) is 9.88 Å². The van der Waals surface area contributed by atoms with Crippen LogP contribution < -0.4 is 9.47 Å². The van der Waals surface area contributed by atoms with Gasteiger partial charge in [-0.2, -0.15) is 13.2 Å². The standard InChI is InChI=1S/C19H21F3N2O5S/c1-4-29-17(26)9-24(11-19(20,21)22)16(25)8-13-10-30-18(23-13)12-5-6-14(27-2)15(7-12)28-3/h5-7,10H,4,8-9,11H2,1-3H3. The van der Waals surface area contributed by atoms with Crippen molar-refractivity contribution < 1.29 is 37.0 Å². The van der Waals surface area contributed by atoms with Crippen molar-refractivity contribution in [3.63, 3.8) is 0 Å². The van der Waals surface area contributed by atoms with Crippen LogP contribution in [-0.2, 0) is 20.7 Å². The van der Waals surface area contributed by atoms with Crippen LogP contribution in [0.2, 0.25) is 0 Å². The number of thiazole rings is 1. The van der Waals surface area contributed by atoms with Gasteiger partial charge in [0.05, 0.1) is 32.9 Å². The molecule has 11 heteroatoms. The lowest BCUT2D eigenvalue weighted by Gasteiger charge is -2.22. The van der Waals surface area contributed by atoms with Crippen LogP contribution in [0.4, 0.5) is 13.2 Å². The zero-order valence-corrected chi connectivity index (χ0v) is 17.4. The van der Waals surface area contributed by atoms with Crippen molar-refractivity contribution in [2.24, 2.45) is 0 Å². The van der Waals surface area contributed by atoms with Crippen molar-refractivity contribution in [2.75, 3.05) is 33.9 Å². The fraction of sp³-hybridized carbons (Fsp3) is 0.421. The minimum Gasteiger partial charge on any atom is -0.493 e. The van der Waals surface area contributed by atoms with E-state index < -0.39 is 31.1 Å². The van der Waals surface area contributed by atoms with Crippen LogP contribution in [-0.4, -0.2) is 61.9 Å². The molecule has 30 heavy (non-hydrogen) atoms. The number of esters is 1. The number of halogens is 3. The molecule has 0 unspecified atom stereocenters. The van der Waals surface area contributed by atoms with Crippen LogP contribution in [0.15, 0.2) is 23.6 Å². The Kier molecular flexibility index (Phi) is 8.04. The molecule has 7 nitrogen and oxygen atoms in total. The molecule has 0 bridgehead atoms. The number of amides is 1. The minimum atomic E-state index is -4.64. The van der Waals surface area contributed by atoms with Gasteiger partial charge in [0.2, 0.25) is 5.91 Å². The van der Waals surface area contributed by atoms with E-state index in [4.69, 9.17) is 9.47 Å². The molecular formula is C19H21F3N2O5S. The first kappa shape index (κ1) is 23.5. The fourth-order valence-electron chi connectivity index (χ4n) is 2.57. The second-order valence-corrected chi connectivity index (χ2v) is 6.92. The van der Waals surface area contributed by atoms with Crippen molar-refractivity contribution in [3.8, 4) is 22.1 Å². The molecule has 0 N–H and O–H groups in total. The van der Waals surface area contributed by atoms with Gasteiger partial charge in [-0.1, -0.05) is 0 Å². The Labute approximate surface area is 175 Å². The number of hydrogen-bond acceptors (Lipinski definition) is 7. The first-order valence-electron chi connectivity index (χ1n) is 8.83. The number of nitrogens with zero attached hydrogens (tertiary/aromatic N) is 2. The van der Waals surface area contributed by atoms with Gasteiger partial charge in [-0.05, 0) is 25.1 Å². The highest BCUT2D eigenvalue weighted by Gasteiger charge is 2.34. The van der Waals surface area contributed by atoms with Gasteiger partial charge in [-0.15, -0.1) is 11.3 Å². The molecule has 2 aromatic rings. The van der Waals surface area contributed by atoms with Crippen LogP contribution in [0.25, 0.3) is 10.6 Å². The topological polar surface area (TPSA) is 78.0 Å². The summed E-state index contributed by atoms with van der Waals surface area (Å²) in [7, 11) is 3.00. The van der Waals surface area contributed by atoms with Gasteiger partial charge in [0.15, 0.2) is 11.5 Å². The molecule has 1 heterocycles. The van der Waals surface area contributed by atoms with E-state index >= 15 is 0 Å². The maximum Gasteiger partial charge on any atom is 0.406 e. The summed E-state index contributed by atoms with van der Waals surface area (Å²) in [5.41, 5.74) is 1.00. The lowest BCUT2D eigenvalue weighted by Crippen LogP contribution is -2.43. The highest BCUT2D eigenvalue weighted by atomic mass is 32.1. The Hall–Kier alpha value is -2.82. The third kappa shape index (κ3) is 6.61. The number of ether oxygens (including phenoxy) is 3. The van der Waals surface area contributed by atoms with E-state index in [0.717, 1.165) is 0 Å². The van der Waals surface area contributed by atoms with Gasteiger partial charge in [0, 0.05) is 10.9 Å². The lowest BCUT2D eigenvalue weighted by molar-refractivity contribution is -0.167. The average molecular weight is 446 g/mol. The summed E-state index contributed by atoms with van der Waals surface area (Å²) in [6, 6.07) is 5.16. The number of carbonyl (C=O) groups is 2. The largest absolute Gasteiger partial charge is 0.493 e. The number of methoxy groups -OCH3 is 2. The minimum absolute atomic E-state index is 0.00759. The number of benzene rings is 1. The number of carbonyl (C=O) groups excluding carboxylic acids is 2. The Balaban J connectivity index is 2.15. The average Bonchev–Trinajstić information content (AvgIpc) is 3.14. The fourth-order valence-corrected chi connectivity index (χ4v) is 3.38. The highest BCUT2D eigenvalue weighted by molar-refractivity contribution is 7.13. The zero-order chi connectivity index (χ0) is 22.3. The van der Waals surface area contributed by atoms with E-state index in [-0.39, 0.29) is 13.0 Å². The van der Waals surface area contributed by atoms with Crippen molar-refractivity contribution in [3.05, 3.63) is 29.3 Å². The Morgan fingerprint density at radius 3 is 2.47 bits per heavy atom. The quantitative estimate of drug-likeness (QED) is 0.550. The van der Waals surface area contributed by atoms with Gasteiger partial charge in [0.1, 0.15) is 18.1 Å². The molecule has 164 valence electrons. The molecule has 2 rings (SSSR count). The van der Waals surface area contributed by atoms with Gasteiger partial charge in [0.25, 0.3) is 0 Å². The summed E-state index contributed by atoms with van der Waals surface area (Å²) in [4.78, 5) is 28.7. The smallest absolute Gasteiger partial charge is 0.406 e. The summed E-state index contributed by atoms with van der Waals surface area (Å²) >= 11 is 1.23. The predicted octanol–water partition coefficient (Wildman–Crippen LogP) is 3.32. The van der Waals surface area contributed by atoms with Crippen molar-refractivity contribution in [2.45, 2.75) is 19.5 Å². The molecule has 1 amide bonds. The second-order valence-electron chi connectivity index (χ2n) is 6.06. The normalized spacial score (nSPS) is 11.1. The Bertz CT molecular complexity index is 885. The van der Waals surface area contributed by atoms with E-state index in [9.17, 15) is 22.8 Å². The molecule has 0 spiro atoms. The third-order valence-corrected chi connectivity index (χ3v) is 4.80. The maximum absolute atomic E-state index is 12.8. The molecule has 0 saturated heterocycles.